The van der Waals surface area contributed by atoms with E-state index in [0.717, 1.165) is 0 Å². The van der Waals surface area contributed by atoms with E-state index in [-0.39, 0.29) is 17.7 Å². The van der Waals surface area contributed by atoms with Gasteiger partial charge in [0.15, 0.2) is 12.2 Å². The SMILES string of the molecule is CC(C)CC(=O)Nc1ccc(OCC(=O)O)c(-c2nc3ccccc3o2)c1. The zero-order valence-corrected chi connectivity index (χ0v) is 15.1. The number of fused-ring (bicyclic) bond motifs is 1. The van der Waals surface area contributed by atoms with Crippen LogP contribution in [0, 0.1) is 5.92 Å². The van der Waals surface area contributed by atoms with Crippen LogP contribution < -0.4 is 10.1 Å². The standard InChI is InChI=1S/C20H20N2O5/c1-12(2)9-18(23)21-13-7-8-16(26-11-19(24)25)14(10-13)20-22-15-5-3-4-6-17(15)27-20/h3-8,10,12H,9,11H2,1-2H3,(H,21,23)(H,24,25). The summed E-state index contributed by atoms with van der Waals surface area (Å²) in [6.07, 6.45) is 0.398. The van der Waals surface area contributed by atoms with Crippen molar-refractivity contribution in [2.24, 2.45) is 5.92 Å². The van der Waals surface area contributed by atoms with Gasteiger partial charge in [0.05, 0.1) is 5.56 Å². The number of nitrogens with one attached hydrogen (secondary N) is 1. The molecule has 0 saturated carbocycles. The number of carbonyl (C=O) groups is 2. The van der Waals surface area contributed by atoms with E-state index in [4.69, 9.17) is 14.3 Å². The van der Waals surface area contributed by atoms with Crippen LogP contribution in [-0.2, 0) is 9.59 Å². The average Bonchev–Trinajstić information content (AvgIpc) is 3.03. The minimum atomic E-state index is -1.09. The fraction of sp³-hybridized carbons (Fsp3) is 0.250. The van der Waals surface area contributed by atoms with Crippen LogP contribution in [0.3, 0.4) is 0 Å². The van der Waals surface area contributed by atoms with Crippen LogP contribution in [0.4, 0.5) is 5.69 Å². The first-order chi connectivity index (χ1) is 12.9. The maximum atomic E-state index is 12.1. The van der Waals surface area contributed by atoms with Crippen molar-refractivity contribution in [2.75, 3.05) is 11.9 Å². The lowest BCUT2D eigenvalue weighted by Crippen LogP contribution is -2.14. The van der Waals surface area contributed by atoms with Crippen molar-refractivity contribution >= 4 is 28.7 Å². The Balaban J connectivity index is 1.97. The number of nitrogens with zero attached hydrogens (tertiary/aromatic N) is 1. The van der Waals surface area contributed by atoms with E-state index >= 15 is 0 Å². The molecule has 0 bridgehead atoms. The predicted octanol–water partition coefficient (Wildman–Crippen LogP) is 3.94. The van der Waals surface area contributed by atoms with Crippen LogP contribution in [0.15, 0.2) is 46.9 Å². The number of oxazole rings is 1. The maximum absolute atomic E-state index is 12.1. The summed E-state index contributed by atoms with van der Waals surface area (Å²) in [6, 6.07) is 12.2. The number of aromatic nitrogens is 1. The second-order valence-corrected chi connectivity index (χ2v) is 6.53. The number of carbonyl (C=O) groups excluding carboxylic acids is 1. The van der Waals surface area contributed by atoms with Gasteiger partial charge in [-0.2, -0.15) is 0 Å². The molecule has 0 spiro atoms. The summed E-state index contributed by atoms with van der Waals surface area (Å²) in [4.78, 5) is 27.3. The highest BCUT2D eigenvalue weighted by Crippen LogP contribution is 2.34. The zero-order valence-electron chi connectivity index (χ0n) is 15.1. The van der Waals surface area contributed by atoms with E-state index in [1.165, 1.54) is 0 Å². The van der Waals surface area contributed by atoms with E-state index in [0.29, 0.717) is 34.5 Å². The lowest BCUT2D eigenvalue weighted by molar-refractivity contribution is -0.139. The summed E-state index contributed by atoms with van der Waals surface area (Å²) in [7, 11) is 0. The third-order valence-electron chi connectivity index (χ3n) is 3.73. The van der Waals surface area contributed by atoms with Crippen LogP contribution in [0.1, 0.15) is 20.3 Å². The molecular formula is C20H20N2O5. The molecule has 3 rings (SSSR count). The molecule has 0 aliphatic carbocycles. The molecular weight excluding hydrogens is 348 g/mol. The van der Waals surface area contributed by atoms with Gasteiger partial charge in [0.2, 0.25) is 11.8 Å². The van der Waals surface area contributed by atoms with Crippen molar-refractivity contribution in [2.45, 2.75) is 20.3 Å². The Morgan fingerprint density at radius 3 is 2.70 bits per heavy atom. The fourth-order valence-corrected chi connectivity index (χ4v) is 2.61. The number of ether oxygens (including phenoxy) is 1. The van der Waals surface area contributed by atoms with E-state index < -0.39 is 12.6 Å². The first-order valence-corrected chi connectivity index (χ1v) is 8.57. The molecule has 1 amide bonds. The molecule has 0 fully saturated rings. The molecule has 0 saturated heterocycles. The number of hydrogen-bond donors (Lipinski definition) is 2. The van der Waals surface area contributed by atoms with Gasteiger partial charge < -0.3 is 19.6 Å². The van der Waals surface area contributed by atoms with Crippen LogP contribution >= 0.6 is 0 Å². The Kier molecular flexibility index (Phi) is 5.40. The molecule has 140 valence electrons. The van der Waals surface area contributed by atoms with Crippen LogP contribution in [0.5, 0.6) is 5.75 Å². The maximum Gasteiger partial charge on any atom is 0.341 e. The highest BCUT2D eigenvalue weighted by atomic mass is 16.5. The predicted molar refractivity (Wildman–Crippen MR) is 101 cm³/mol. The first-order valence-electron chi connectivity index (χ1n) is 8.57. The summed E-state index contributed by atoms with van der Waals surface area (Å²) in [5.41, 5.74) is 2.30. The summed E-state index contributed by atoms with van der Waals surface area (Å²) >= 11 is 0. The highest BCUT2D eigenvalue weighted by Gasteiger charge is 2.16. The zero-order chi connectivity index (χ0) is 19.4. The van der Waals surface area contributed by atoms with Gasteiger partial charge in [-0.3, -0.25) is 4.79 Å². The summed E-state index contributed by atoms with van der Waals surface area (Å²) in [6.45, 7) is 3.44. The molecule has 0 aliphatic rings. The quantitative estimate of drug-likeness (QED) is 0.655. The number of rotatable bonds is 7. The van der Waals surface area contributed by atoms with Crippen LogP contribution in [0.25, 0.3) is 22.6 Å². The molecule has 0 aliphatic heterocycles. The molecule has 2 N–H and O–H groups in total. The van der Waals surface area contributed by atoms with Crippen molar-refractivity contribution in [1.29, 1.82) is 0 Å². The van der Waals surface area contributed by atoms with E-state index in [2.05, 4.69) is 10.3 Å². The number of benzene rings is 2. The van der Waals surface area contributed by atoms with Crippen molar-refractivity contribution in [3.8, 4) is 17.2 Å². The van der Waals surface area contributed by atoms with Crippen LogP contribution in [-0.4, -0.2) is 28.6 Å². The first kappa shape index (κ1) is 18.4. The molecule has 0 unspecified atom stereocenters. The van der Waals surface area contributed by atoms with Gasteiger partial charge in [0.25, 0.3) is 0 Å². The average molecular weight is 368 g/mol. The topological polar surface area (TPSA) is 102 Å². The molecule has 3 aromatic rings. The Morgan fingerprint density at radius 2 is 2.00 bits per heavy atom. The Morgan fingerprint density at radius 1 is 1.22 bits per heavy atom. The number of carboxylic acid groups (broad SMARTS) is 1. The van der Waals surface area contributed by atoms with E-state index in [1.807, 2.05) is 32.0 Å². The lowest BCUT2D eigenvalue weighted by Gasteiger charge is -2.11. The minimum Gasteiger partial charge on any atom is -0.481 e. The van der Waals surface area contributed by atoms with Gasteiger partial charge in [-0.25, -0.2) is 9.78 Å². The molecule has 1 heterocycles. The monoisotopic (exact) mass is 368 g/mol. The molecule has 7 heteroatoms. The lowest BCUT2D eigenvalue weighted by atomic mass is 10.1. The fourth-order valence-electron chi connectivity index (χ4n) is 2.61. The summed E-state index contributed by atoms with van der Waals surface area (Å²) in [5.74, 6) is -0.359. The third kappa shape index (κ3) is 4.63. The third-order valence-corrected chi connectivity index (χ3v) is 3.73. The van der Waals surface area contributed by atoms with Crippen LogP contribution in [0.2, 0.25) is 0 Å². The number of aliphatic carboxylic acids is 1. The normalized spacial score (nSPS) is 10.9. The Hall–Kier alpha value is -3.35. The van der Waals surface area contributed by atoms with Gasteiger partial charge in [-0.15, -0.1) is 0 Å². The van der Waals surface area contributed by atoms with E-state index in [9.17, 15) is 9.59 Å². The number of para-hydroxylation sites is 2. The van der Waals surface area contributed by atoms with Crippen molar-refractivity contribution in [3.63, 3.8) is 0 Å². The second-order valence-electron chi connectivity index (χ2n) is 6.53. The van der Waals surface area contributed by atoms with Gasteiger partial charge in [-0.1, -0.05) is 26.0 Å². The Bertz CT molecular complexity index is 944. The largest absolute Gasteiger partial charge is 0.481 e. The number of anilines is 1. The number of amides is 1. The summed E-state index contributed by atoms with van der Waals surface area (Å²) in [5, 5.41) is 11.7. The van der Waals surface area contributed by atoms with Crippen molar-refractivity contribution in [3.05, 3.63) is 42.5 Å². The van der Waals surface area contributed by atoms with Gasteiger partial charge in [-0.05, 0) is 36.2 Å². The van der Waals surface area contributed by atoms with Crippen molar-refractivity contribution in [1.82, 2.24) is 4.98 Å². The van der Waals surface area contributed by atoms with E-state index in [1.54, 1.807) is 24.3 Å². The highest BCUT2D eigenvalue weighted by molar-refractivity contribution is 5.92. The molecule has 7 nitrogen and oxygen atoms in total. The van der Waals surface area contributed by atoms with Crippen molar-refractivity contribution < 1.29 is 23.8 Å². The Labute approximate surface area is 156 Å². The molecule has 1 aromatic heterocycles. The minimum absolute atomic E-state index is 0.104. The number of carboxylic acids is 1. The number of hydrogen-bond acceptors (Lipinski definition) is 5. The summed E-state index contributed by atoms with van der Waals surface area (Å²) < 4.78 is 11.1. The molecule has 27 heavy (non-hydrogen) atoms. The molecule has 2 aromatic carbocycles. The van der Waals surface area contributed by atoms with Gasteiger partial charge in [0.1, 0.15) is 11.3 Å². The second kappa shape index (κ2) is 7.90. The molecule has 0 radical (unpaired) electrons. The molecule has 0 atom stereocenters. The van der Waals surface area contributed by atoms with Gasteiger partial charge >= 0.3 is 5.97 Å². The smallest absolute Gasteiger partial charge is 0.341 e. The van der Waals surface area contributed by atoms with Gasteiger partial charge in [0, 0.05) is 12.1 Å².